The van der Waals surface area contributed by atoms with Gasteiger partial charge in [0.15, 0.2) is 0 Å². The number of hydrogen-bond donors (Lipinski definition) is 17. The Balaban J connectivity index is 1.22. The minimum atomic E-state index is -1.93. The van der Waals surface area contributed by atoms with Crippen LogP contribution in [0.2, 0.25) is 0 Å². The molecule has 36 nitrogen and oxygen atoms in total. The topological polar surface area (TPSA) is 553 Å². The monoisotopic (exact) mass is 1390 g/mol. The molecule has 14 amide bonds. The summed E-state index contributed by atoms with van der Waals surface area (Å²) in [6.45, 7) is 9.50. The molecule has 3 aliphatic heterocycles. The first kappa shape index (κ1) is 79.4. The van der Waals surface area contributed by atoms with Crippen LogP contribution in [-0.4, -0.2) is 228 Å². The summed E-state index contributed by atoms with van der Waals surface area (Å²) in [6, 6.07) is -10.7. The van der Waals surface area contributed by atoms with Gasteiger partial charge in [-0.25, -0.2) is 9.78 Å². The Hall–Kier alpha value is -10.3. The molecule has 0 aliphatic carbocycles. The average Bonchev–Trinajstić information content (AvgIpc) is 1.69. The molecule has 0 radical (unpaired) electrons. The molecule has 99 heavy (non-hydrogen) atoms. The molecule has 1 aromatic carbocycles. The fourth-order valence-corrected chi connectivity index (χ4v) is 11.5. The van der Waals surface area contributed by atoms with Gasteiger partial charge in [0, 0.05) is 44.2 Å². The van der Waals surface area contributed by atoms with E-state index in [9.17, 15) is 92.0 Å². The van der Waals surface area contributed by atoms with Crippen molar-refractivity contribution in [3.05, 3.63) is 48.0 Å². The van der Waals surface area contributed by atoms with Crippen molar-refractivity contribution in [2.24, 2.45) is 23.3 Å². The number of carbonyl (C=O) groups excluding carboxylic acids is 14. The van der Waals surface area contributed by atoms with Crippen LogP contribution in [0.1, 0.15) is 130 Å². The Kier molecular flexibility index (Phi) is 30.5. The summed E-state index contributed by atoms with van der Waals surface area (Å²) in [7, 11) is 0. The molecular formula is C63H93N17O19. The summed E-state index contributed by atoms with van der Waals surface area (Å²) in [4.78, 5) is 223. The zero-order valence-electron chi connectivity index (χ0n) is 56.1. The minimum Gasteiger partial charge on any atom is -0.508 e. The third-order valence-electron chi connectivity index (χ3n) is 17.1. The van der Waals surface area contributed by atoms with Crippen molar-refractivity contribution in [2.45, 2.75) is 204 Å². The number of aromatic amines is 1. The number of carboxylic acid groups (broad SMARTS) is 2. The number of aromatic nitrogens is 2. The second-order valence-electron chi connectivity index (χ2n) is 25.4. The molecule has 19 N–H and O–H groups in total. The van der Waals surface area contributed by atoms with E-state index in [1.165, 1.54) is 48.6 Å². The van der Waals surface area contributed by atoms with E-state index in [0.717, 1.165) is 13.3 Å². The molecule has 3 fully saturated rings. The van der Waals surface area contributed by atoms with Crippen LogP contribution in [0.5, 0.6) is 5.75 Å². The van der Waals surface area contributed by atoms with Gasteiger partial charge in [-0.3, -0.25) is 71.9 Å². The standard InChI is InChI=1S/C63H93N17O19/c1-7-32(4)51(63(98)99)78-59(94)40(23-31(2)3)75-55(90)38(18-19-47(64)82)72-57(92)43(26-48(65)83)73-52(87)33(5)70-49(84)29-68-54(89)42(25-36-28-66-30-69-36)76-58(93)44(27-50(85)86)74-53(88)34(6)71-56(91)41(24-35-14-16-37(81)17-15-35)77-60(95)45-12-9-21-79(45)62(97)46-13-10-22-80(46)61(96)39-11-8-20-67-39/h14-17,28,30-34,38-46,51,67,81H,7-13,18-27,29H2,1-6H3,(H2,64,82)(H2,65,83)(H,66,69)(H,68,89)(H,70,84)(H,71,91)(H,72,92)(H,73,87)(H,74,88)(H,75,90)(H,76,93)(H,77,95)(H,78,94)(H,85,86)(H,98,99)/t32-,33-,34-,38-,39-,40-,41-,42-,43-,44-,45-,46-,51-/m0/s1. The second kappa shape index (κ2) is 38.0. The zero-order valence-corrected chi connectivity index (χ0v) is 56.1. The first-order valence-electron chi connectivity index (χ1n) is 32.9. The molecule has 0 unspecified atom stereocenters. The summed E-state index contributed by atoms with van der Waals surface area (Å²) in [5.41, 5.74) is 11.5. The predicted octanol–water partition coefficient (Wildman–Crippen LogP) is -5.05. The maximum Gasteiger partial charge on any atom is 0.326 e. The van der Waals surface area contributed by atoms with Crippen molar-refractivity contribution in [3.8, 4) is 5.75 Å². The van der Waals surface area contributed by atoms with Gasteiger partial charge in [-0.1, -0.05) is 46.2 Å². The predicted molar refractivity (Wildman–Crippen MR) is 347 cm³/mol. The number of hydrogen-bond acceptors (Lipinski definition) is 19. The number of phenols is 1. The number of amides is 14. The molecule has 544 valence electrons. The number of rotatable bonds is 38. The first-order valence-corrected chi connectivity index (χ1v) is 32.9. The molecule has 3 saturated heterocycles. The van der Waals surface area contributed by atoms with Crippen LogP contribution in [0.25, 0.3) is 0 Å². The number of benzene rings is 1. The highest BCUT2D eigenvalue weighted by atomic mass is 16.4. The number of H-pyrrole nitrogens is 1. The number of nitrogens with two attached hydrogens (primary N) is 2. The molecule has 3 aliphatic rings. The van der Waals surface area contributed by atoms with Crippen molar-refractivity contribution in [2.75, 3.05) is 26.2 Å². The van der Waals surface area contributed by atoms with Crippen LogP contribution in [0.4, 0.5) is 0 Å². The van der Waals surface area contributed by atoms with Gasteiger partial charge in [-0.05, 0) is 101 Å². The van der Waals surface area contributed by atoms with Crippen molar-refractivity contribution in [1.29, 1.82) is 0 Å². The summed E-state index contributed by atoms with van der Waals surface area (Å²) in [6.07, 6.45) is 2.59. The normalized spacial score (nSPS) is 18.8. The summed E-state index contributed by atoms with van der Waals surface area (Å²) in [5, 5.41) is 56.7. The van der Waals surface area contributed by atoms with Crippen molar-refractivity contribution < 1.29 is 92.0 Å². The molecule has 0 saturated carbocycles. The van der Waals surface area contributed by atoms with Gasteiger partial charge < -0.3 is 100 Å². The number of likely N-dealkylation sites (tertiary alicyclic amines) is 2. The van der Waals surface area contributed by atoms with Crippen LogP contribution < -0.4 is 70.0 Å². The molecule has 0 spiro atoms. The van der Waals surface area contributed by atoms with Gasteiger partial charge >= 0.3 is 11.9 Å². The van der Waals surface area contributed by atoms with Crippen molar-refractivity contribution >= 4 is 94.6 Å². The Morgan fingerprint density at radius 1 is 0.586 bits per heavy atom. The van der Waals surface area contributed by atoms with Crippen LogP contribution in [0.15, 0.2) is 36.8 Å². The number of carboxylic acids is 2. The van der Waals surface area contributed by atoms with Gasteiger partial charge in [0.1, 0.15) is 72.2 Å². The molecular weight excluding hydrogens is 1300 g/mol. The number of nitrogens with zero attached hydrogens (tertiary/aromatic N) is 3. The maximum atomic E-state index is 14.2. The van der Waals surface area contributed by atoms with Gasteiger partial charge in [0.25, 0.3) is 0 Å². The Bertz CT molecular complexity index is 3250. The quantitative estimate of drug-likeness (QED) is 0.0299. The molecule has 13 atom stereocenters. The van der Waals surface area contributed by atoms with E-state index in [0.29, 0.717) is 50.8 Å². The smallest absolute Gasteiger partial charge is 0.326 e. The molecule has 2 aromatic rings. The number of primary amides is 2. The zero-order chi connectivity index (χ0) is 73.4. The first-order chi connectivity index (χ1) is 46.8. The SMILES string of the molecule is CC[C@H](C)[C@H](NC(=O)[C@H](CC(C)C)NC(=O)[C@H](CCC(N)=O)NC(=O)[C@H](CC(N)=O)NC(=O)[C@H](C)NC(=O)CNC(=O)[C@H](Cc1cnc[nH]1)NC(=O)[C@H](CC(=O)O)NC(=O)[C@H](C)NC(=O)[C@H](Cc1ccc(O)cc1)NC(=O)[C@@H]1CCCN1C(=O)[C@@H]1CCCN1C(=O)[C@@H]1CCCN1)C(=O)O. The fraction of sp³-hybridized carbons (Fsp3) is 0.603. The summed E-state index contributed by atoms with van der Waals surface area (Å²) < 4.78 is 0. The lowest BCUT2D eigenvalue weighted by molar-refractivity contribution is -0.147. The van der Waals surface area contributed by atoms with Crippen LogP contribution in [-0.2, 0) is 89.6 Å². The van der Waals surface area contributed by atoms with Crippen LogP contribution in [0.3, 0.4) is 0 Å². The number of phenolic OH excluding ortho intramolecular Hbond substituents is 1. The van der Waals surface area contributed by atoms with E-state index < -0.39 is 199 Å². The maximum absolute atomic E-state index is 14.2. The van der Waals surface area contributed by atoms with Crippen molar-refractivity contribution in [1.82, 2.24) is 78.3 Å². The Morgan fingerprint density at radius 2 is 1.13 bits per heavy atom. The third-order valence-corrected chi connectivity index (χ3v) is 17.1. The number of aliphatic carboxylic acids is 2. The highest BCUT2D eigenvalue weighted by molar-refractivity contribution is 6.01. The highest BCUT2D eigenvalue weighted by Crippen LogP contribution is 2.27. The number of imidazole rings is 1. The number of nitrogens with one attached hydrogen (secondary N) is 12. The summed E-state index contributed by atoms with van der Waals surface area (Å²) in [5.74, 6) is -16.6. The lowest BCUT2D eigenvalue weighted by Crippen LogP contribution is -2.60. The van der Waals surface area contributed by atoms with Gasteiger partial charge in [-0.2, -0.15) is 0 Å². The van der Waals surface area contributed by atoms with E-state index in [1.807, 2.05) is 0 Å². The third kappa shape index (κ3) is 24.6. The van der Waals surface area contributed by atoms with Gasteiger partial charge in [0.2, 0.25) is 82.7 Å². The van der Waals surface area contributed by atoms with Crippen LogP contribution >= 0.6 is 0 Å². The Labute approximate surface area is 570 Å². The van der Waals surface area contributed by atoms with E-state index in [1.54, 1.807) is 32.6 Å². The lowest BCUT2D eigenvalue weighted by atomic mass is 9.97. The Morgan fingerprint density at radius 3 is 1.69 bits per heavy atom. The molecule has 4 heterocycles. The molecule has 5 rings (SSSR count). The molecule has 1 aromatic heterocycles. The average molecular weight is 1390 g/mol. The van der Waals surface area contributed by atoms with Crippen LogP contribution in [0, 0.1) is 11.8 Å². The minimum absolute atomic E-state index is 0.00261. The van der Waals surface area contributed by atoms with E-state index in [2.05, 4.69) is 68.5 Å². The lowest BCUT2D eigenvalue weighted by Gasteiger charge is -2.32. The highest BCUT2D eigenvalue weighted by Gasteiger charge is 2.45. The van der Waals surface area contributed by atoms with E-state index in [4.69, 9.17) is 11.5 Å². The number of aromatic hydroxyl groups is 1. The molecule has 36 heteroatoms. The largest absolute Gasteiger partial charge is 0.508 e. The van der Waals surface area contributed by atoms with Gasteiger partial charge in [0.05, 0.1) is 31.8 Å². The van der Waals surface area contributed by atoms with E-state index in [-0.39, 0.29) is 55.5 Å². The van der Waals surface area contributed by atoms with E-state index >= 15 is 0 Å². The number of carbonyl (C=O) groups is 16. The second-order valence-corrected chi connectivity index (χ2v) is 25.4. The summed E-state index contributed by atoms with van der Waals surface area (Å²) >= 11 is 0. The van der Waals surface area contributed by atoms with Gasteiger partial charge in [-0.15, -0.1) is 0 Å². The van der Waals surface area contributed by atoms with Crippen molar-refractivity contribution in [3.63, 3.8) is 0 Å². The molecule has 0 bridgehead atoms. The fourth-order valence-electron chi connectivity index (χ4n) is 11.5.